The van der Waals surface area contributed by atoms with Crippen LogP contribution < -0.4 is 9.47 Å². The van der Waals surface area contributed by atoms with Gasteiger partial charge in [0.05, 0.1) is 16.5 Å². The summed E-state index contributed by atoms with van der Waals surface area (Å²) in [5.74, 6) is 0. The summed E-state index contributed by atoms with van der Waals surface area (Å²) in [5.41, 5.74) is 8.33. The van der Waals surface area contributed by atoms with Gasteiger partial charge in [-0.2, -0.15) is 4.57 Å². The van der Waals surface area contributed by atoms with Gasteiger partial charge in [-0.15, -0.1) is 0 Å². The number of nitrogens with zero attached hydrogens (tertiary/aromatic N) is 2. The maximum absolute atomic E-state index is 2.67. The number of unbranched alkanes of at least 4 members (excludes halogenated alkanes) is 10. The first-order chi connectivity index (χ1) is 22.3. The van der Waals surface area contributed by atoms with E-state index >= 15 is 0 Å². The Labute approximate surface area is 269 Å². The number of pyridine rings is 1. The third-order valence-electron chi connectivity index (χ3n) is 10.2. The number of hydrogen-bond donors (Lipinski definition) is 0. The molecule has 1 aliphatic rings. The van der Waals surface area contributed by atoms with Gasteiger partial charge in [0.2, 0.25) is 11.0 Å². The predicted octanol–water partition coefficient (Wildman–Crippen LogP) is 12.4. The second-order valence-corrected chi connectivity index (χ2v) is 13.2. The third-order valence-corrected chi connectivity index (χ3v) is 10.2. The molecule has 230 valence electrons. The number of aromatic nitrogens is 1. The van der Waals surface area contributed by atoms with Crippen molar-refractivity contribution >= 4 is 54.7 Å². The van der Waals surface area contributed by atoms with E-state index in [2.05, 4.69) is 114 Å². The summed E-state index contributed by atoms with van der Waals surface area (Å²) >= 11 is 0. The number of hydrogen-bond acceptors (Lipinski definition) is 1. The standard InChI is InChI=1S/C43H49N2/c1-3-5-7-9-11-17-30-44-36-24-19-25-37-42(36)43(40-34-22-15-13-20-32(34)26-28-38(40)44)41-35-23-16-14-21-33(35)27-29-39(41)45(37)31-18-12-10-8-6-4-2/h13-16,19-29H,3-12,17-18,30-31H2,1-2H3/q+1. The highest BCUT2D eigenvalue weighted by Gasteiger charge is 2.33. The molecule has 2 heterocycles. The van der Waals surface area contributed by atoms with Crippen LogP contribution in [0.5, 0.6) is 0 Å². The van der Waals surface area contributed by atoms with E-state index in [-0.39, 0.29) is 0 Å². The van der Waals surface area contributed by atoms with Crippen LogP contribution >= 0.6 is 0 Å². The molecule has 0 amide bonds. The minimum atomic E-state index is 1.06. The van der Waals surface area contributed by atoms with Crippen LogP contribution in [0.25, 0.3) is 54.5 Å². The Kier molecular flexibility index (Phi) is 9.01. The first-order valence-electron chi connectivity index (χ1n) is 17.9. The van der Waals surface area contributed by atoms with Gasteiger partial charge >= 0.3 is 0 Å². The van der Waals surface area contributed by atoms with E-state index in [9.17, 15) is 0 Å². The lowest BCUT2D eigenvalue weighted by atomic mass is 9.85. The Bertz CT molecular complexity index is 1950. The second kappa shape index (κ2) is 13.6. The molecule has 0 bridgehead atoms. The fourth-order valence-electron chi connectivity index (χ4n) is 7.95. The fourth-order valence-corrected chi connectivity index (χ4v) is 7.95. The van der Waals surface area contributed by atoms with Gasteiger partial charge in [0.1, 0.15) is 6.54 Å². The molecule has 0 spiro atoms. The first kappa shape index (κ1) is 29.8. The Morgan fingerprint density at radius 1 is 0.467 bits per heavy atom. The van der Waals surface area contributed by atoms with E-state index in [1.54, 1.807) is 0 Å². The number of benzene rings is 5. The van der Waals surface area contributed by atoms with Crippen molar-refractivity contribution in [2.24, 2.45) is 0 Å². The van der Waals surface area contributed by atoms with Crippen molar-refractivity contribution in [2.45, 2.75) is 97.4 Å². The van der Waals surface area contributed by atoms with Crippen LogP contribution in [-0.2, 0) is 6.54 Å². The van der Waals surface area contributed by atoms with Crippen LogP contribution in [0.1, 0.15) is 90.9 Å². The summed E-state index contributed by atoms with van der Waals surface area (Å²) in [7, 11) is 0. The van der Waals surface area contributed by atoms with Gasteiger partial charge in [-0.1, -0.05) is 132 Å². The molecule has 1 aromatic heterocycles. The molecule has 0 fully saturated rings. The molecule has 7 rings (SSSR count). The van der Waals surface area contributed by atoms with Crippen LogP contribution in [-0.4, -0.2) is 6.54 Å². The second-order valence-electron chi connectivity index (χ2n) is 13.2. The lowest BCUT2D eigenvalue weighted by Crippen LogP contribution is -2.37. The van der Waals surface area contributed by atoms with Crippen LogP contribution in [0.3, 0.4) is 0 Å². The summed E-state index contributed by atoms with van der Waals surface area (Å²) < 4.78 is 2.67. The molecule has 0 radical (unpaired) electrons. The summed E-state index contributed by atoms with van der Waals surface area (Å²) in [6.45, 7) is 6.72. The third kappa shape index (κ3) is 5.58. The van der Waals surface area contributed by atoms with Crippen molar-refractivity contribution in [3.63, 3.8) is 0 Å². The van der Waals surface area contributed by atoms with Crippen molar-refractivity contribution in [1.82, 2.24) is 0 Å². The van der Waals surface area contributed by atoms with Crippen LogP contribution in [0.2, 0.25) is 0 Å². The molecule has 0 saturated carbocycles. The summed E-state index contributed by atoms with van der Waals surface area (Å²) in [5, 5.41) is 8.21. The maximum Gasteiger partial charge on any atom is 0.215 e. The lowest BCUT2D eigenvalue weighted by molar-refractivity contribution is -0.645. The van der Waals surface area contributed by atoms with E-state index in [1.165, 1.54) is 143 Å². The highest BCUT2D eigenvalue weighted by Crippen LogP contribution is 2.53. The zero-order valence-electron chi connectivity index (χ0n) is 27.5. The number of rotatable bonds is 14. The molecule has 0 N–H and O–H groups in total. The van der Waals surface area contributed by atoms with E-state index < -0.39 is 0 Å². The fraction of sp³-hybridized carbons (Fsp3) is 0.372. The van der Waals surface area contributed by atoms with E-state index in [0.29, 0.717) is 0 Å². The summed E-state index contributed by atoms with van der Waals surface area (Å²) in [4.78, 5) is 2.67. The smallest absolute Gasteiger partial charge is 0.215 e. The van der Waals surface area contributed by atoms with E-state index in [0.717, 1.165) is 13.1 Å². The zero-order chi connectivity index (χ0) is 30.6. The molecule has 2 heteroatoms. The Morgan fingerprint density at radius 2 is 1.09 bits per heavy atom. The average molecular weight is 594 g/mol. The number of anilines is 2. The van der Waals surface area contributed by atoms with Gasteiger partial charge in [-0.05, 0) is 52.6 Å². The van der Waals surface area contributed by atoms with Crippen LogP contribution in [0, 0.1) is 0 Å². The summed E-state index contributed by atoms with van der Waals surface area (Å²) in [6, 6.07) is 34.7. The van der Waals surface area contributed by atoms with Gasteiger partial charge in [-0.3, -0.25) is 0 Å². The number of fused-ring (bicyclic) bond motifs is 8. The van der Waals surface area contributed by atoms with Crippen molar-refractivity contribution in [1.29, 1.82) is 0 Å². The van der Waals surface area contributed by atoms with Gasteiger partial charge in [0.25, 0.3) is 0 Å². The highest BCUT2D eigenvalue weighted by molar-refractivity contribution is 6.27. The quantitative estimate of drug-likeness (QED) is 0.0527. The molecule has 0 atom stereocenters. The molecule has 0 unspecified atom stereocenters. The Balaban J connectivity index is 1.47. The largest absolute Gasteiger partial charge is 0.340 e. The minimum absolute atomic E-state index is 1.06. The van der Waals surface area contributed by atoms with Gasteiger partial charge in [0.15, 0.2) is 0 Å². The lowest BCUT2D eigenvalue weighted by Gasteiger charge is -2.34. The van der Waals surface area contributed by atoms with Crippen molar-refractivity contribution in [3.05, 3.63) is 91.0 Å². The normalized spacial score (nSPS) is 12.5. The molecule has 6 aromatic rings. The molecule has 1 aliphatic heterocycles. The molecular weight excluding hydrogens is 544 g/mol. The molecule has 0 aliphatic carbocycles. The molecule has 5 aromatic carbocycles. The Hall–Kier alpha value is -3.91. The number of aryl methyl sites for hydroxylation is 1. The van der Waals surface area contributed by atoms with Crippen molar-refractivity contribution in [2.75, 3.05) is 11.4 Å². The monoisotopic (exact) mass is 593 g/mol. The topological polar surface area (TPSA) is 7.12 Å². The van der Waals surface area contributed by atoms with Crippen molar-refractivity contribution in [3.8, 4) is 11.1 Å². The van der Waals surface area contributed by atoms with Gasteiger partial charge in [-0.25, -0.2) is 0 Å². The Morgan fingerprint density at radius 3 is 1.87 bits per heavy atom. The molecule has 0 saturated heterocycles. The zero-order valence-corrected chi connectivity index (χ0v) is 27.5. The van der Waals surface area contributed by atoms with Crippen molar-refractivity contribution < 1.29 is 4.57 Å². The van der Waals surface area contributed by atoms with E-state index in [4.69, 9.17) is 0 Å². The van der Waals surface area contributed by atoms with Gasteiger partial charge < -0.3 is 4.90 Å². The molecule has 2 nitrogen and oxygen atoms in total. The molecule has 45 heavy (non-hydrogen) atoms. The highest BCUT2D eigenvalue weighted by atomic mass is 15.1. The maximum atomic E-state index is 2.67. The summed E-state index contributed by atoms with van der Waals surface area (Å²) in [6.07, 6.45) is 15.7. The predicted molar refractivity (Wildman–Crippen MR) is 196 cm³/mol. The minimum Gasteiger partial charge on any atom is -0.340 e. The first-order valence-corrected chi connectivity index (χ1v) is 17.9. The average Bonchev–Trinajstić information content (AvgIpc) is 3.08. The van der Waals surface area contributed by atoms with Crippen LogP contribution in [0.4, 0.5) is 11.4 Å². The molecular formula is C43H49N2+. The van der Waals surface area contributed by atoms with Crippen LogP contribution in [0.15, 0.2) is 91.0 Å². The SMILES string of the molecule is CCCCCCCCN1c2ccc3ccccc3c2-c2c3c1cccc3[n+](CCCCCCCC)c1ccc3ccccc3c21. The van der Waals surface area contributed by atoms with Gasteiger partial charge in [0, 0.05) is 41.9 Å². The van der Waals surface area contributed by atoms with E-state index in [1.807, 2.05) is 0 Å².